The van der Waals surface area contributed by atoms with Crippen molar-refractivity contribution in [2.24, 2.45) is 11.7 Å². The Balaban J connectivity index is 2.69. The summed E-state index contributed by atoms with van der Waals surface area (Å²) >= 11 is 0. The zero-order valence-electron chi connectivity index (χ0n) is 12.3. The number of aryl methyl sites for hydroxylation is 1. The first-order valence-electron chi connectivity index (χ1n) is 6.70. The van der Waals surface area contributed by atoms with Gasteiger partial charge in [0, 0.05) is 30.9 Å². The molecule has 0 aliphatic carbocycles. The van der Waals surface area contributed by atoms with Crippen molar-refractivity contribution >= 4 is 11.6 Å². The smallest absolute Gasteiger partial charge is 0.253 e. The van der Waals surface area contributed by atoms with Crippen LogP contribution in [0, 0.1) is 12.8 Å². The summed E-state index contributed by atoms with van der Waals surface area (Å²) in [5.74, 6) is 0.429. The van der Waals surface area contributed by atoms with Gasteiger partial charge in [-0.15, -0.1) is 0 Å². The summed E-state index contributed by atoms with van der Waals surface area (Å²) in [6.07, 6.45) is 0.807. The summed E-state index contributed by atoms with van der Waals surface area (Å²) in [5, 5.41) is 0. The lowest BCUT2D eigenvalue weighted by molar-refractivity contribution is 0.0788. The molecule has 0 aliphatic rings. The van der Waals surface area contributed by atoms with Gasteiger partial charge in [0.25, 0.3) is 5.91 Å². The molecular weight excluding hydrogens is 238 g/mol. The van der Waals surface area contributed by atoms with Crippen molar-refractivity contribution in [1.82, 2.24) is 4.90 Å². The van der Waals surface area contributed by atoms with E-state index < -0.39 is 0 Å². The van der Waals surface area contributed by atoms with Crippen LogP contribution in [0.3, 0.4) is 0 Å². The van der Waals surface area contributed by atoms with Gasteiger partial charge in [-0.05, 0) is 37.0 Å². The molecular formula is C15H25N3O. The van der Waals surface area contributed by atoms with Crippen LogP contribution in [0.1, 0.15) is 36.2 Å². The molecule has 0 saturated carbocycles. The number of nitrogens with zero attached hydrogens (tertiary/aromatic N) is 1. The van der Waals surface area contributed by atoms with E-state index in [2.05, 4.69) is 13.8 Å². The fourth-order valence-electron chi connectivity index (χ4n) is 1.85. The van der Waals surface area contributed by atoms with Gasteiger partial charge in [-0.1, -0.05) is 19.9 Å². The van der Waals surface area contributed by atoms with E-state index in [1.54, 1.807) is 24.1 Å². The molecule has 1 aromatic rings. The Morgan fingerprint density at radius 2 is 2.00 bits per heavy atom. The molecule has 0 saturated heterocycles. The first-order valence-corrected chi connectivity index (χ1v) is 6.70. The third-order valence-electron chi connectivity index (χ3n) is 3.49. The number of carbonyl (C=O) groups is 1. The second-order valence-corrected chi connectivity index (χ2v) is 5.50. The van der Waals surface area contributed by atoms with Gasteiger partial charge in [-0.2, -0.15) is 0 Å². The van der Waals surface area contributed by atoms with Gasteiger partial charge in [0.15, 0.2) is 0 Å². The molecule has 4 nitrogen and oxygen atoms in total. The number of hydrogen-bond donors (Lipinski definition) is 2. The maximum atomic E-state index is 12.3. The van der Waals surface area contributed by atoms with Crippen molar-refractivity contribution in [1.29, 1.82) is 0 Å². The first kappa shape index (κ1) is 15.5. The number of anilines is 1. The number of hydrogen-bond acceptors (Lipinski definition) is 3. The predicted octanol–water partition coefficient (Wildman–Crippen LogP) is 2.02. The number of rotatable bonds is 5. The van der Waals surface area contributed by atoms with E-state index in [9.17, 15) is 4.79 Å². The Morgan fingerprint density at radius 3 is 2.58 bits per heavy atom. The van der Waals surface area contributed by atoms with Crippen LogP contribution in [0.25, 0.3) is 0 Å². The van der Waals surface area contributed by atoms with Crippen LogP contribution in [-0.2, 0) is 0 Å². The highest BCUT2D eigenvalue weighted by atomic mass is 16.2. The molecule has 1 rings (SSSR count). The number of nitrogen functional groups attached to an aromatic ring is 1. The quantitative estimate of drug-likeness (QED) is 0.798. The lowest BCUT2D eigenvalue weighted by Crippen LogP contribution is -2.34. The average Bonchev–Trinajstić information content (AvgIpc) is 2.37. The first-order chi connectivity index (χ1) is 8.82. The standard InChI is InChI=1S/C15H25N3O/c1-10(2)14(17)7-8-18(4)15(19)13-9-12(16)6-5-11(13)3/h5-6,9-10,14H,7-8,16-17H2,1-4H3. The van der Waals surface area contributed by atoms with Crippen LogP contribution < -0.4 is 11.5 Å². The maximum Gasteiger partial charge on any atom is 0.253 e. The number of nitrogens with two attached hydrogens (primary N) is 2. The average molecular weight is 263 g/mol. The topological polar surface area (TPSA) is 72.4 Å². The van der Waals surface area contributed by atoms with Gasteiger partial charge in [-0.3, -0.25) is 4.79 Å². The normalized spacial score (nSPS) is 12.5. The van der Waals surface area contributed by atoms with Crippen LogP contribution in [-0.4, -0.2) is 30.4 Å². The molecule has 1 amide bonds. The van der Waals surface area contributed by atoms with Crippen LogP contribution in [0.2, 0.25) is 0 Å². The van der Waals surface area contributed by atoms with Crippen LogP contribution in [0.15, 0.2) is 18.2 Å². The molecule has 0 aliphatic heterocycles. The van der Waals surface area contributed by atoms with Gasteiger partial charge in [0.05, 0.1) is 0 Å². The zero-order chi connectivity index (χ0) is 14.6. The van der Waals surface area contributed by atoms with Gasteiger partial charge in [0.1, 0.15) is 0 Å². The molecule has 0 spiro atoms. The minimum absolute atomic E-state index is 0.000700. The zero-order valence-corrected chi connectivity index (χ0v) is 12.3. The SMILES string of the molecule is Cc1ccc(N)cc1C(=O)N(C)CCC(N)C(C)C. The Bertz CT molecular complexity index is 443. The van der Waals surface area contributed by atoms with Crippen LogP contribution in [0.4, 0.5) is 5.69 Å². The van der Waals surface area contributed by atoms with Crippen LogP contribution in [0.5, 0.6) is 0 Å². The molecule has 0 heterocycles. The van der Waals surface area contributed by atoms with Gasteiger partial charge in [0.2, 0.25) is 0 Å². The fraction of sp³-hybridized carbons (Fsp3) is 0.533. The Kier molecular flexibility index (Phi) is 5.36. The van der Waals surface area contributed by atoms with E-state index in [4.69, 9.17) is 11.5 Å². The Hall–Kier alpha value is -1.55. The lowest BCUT2D eigenvalue weighted by Gasteiger charge is -2.22. The Morgan fingerprint density at radius 1 is 1.37 bits per heavy atom. The third-order valence-corrected chi connectivity index (χ3v) is 3.49. The second kappa shape index (κ2) is 6.57. The molecule has 0 radical (unpaired) electrons. The summed E-state index contributed by atoms with van der Waals surface area (Å²) in [7, 11) is 1.80. The largest absolute Gasteiger partial charge is 0.399 e. The Labute approximate surface area is 115 Å². The number of carbonyl (C=O) groups excluding carboxylic acids is 1. The van der Waals surface area contributed by atoms with Crippen LogP contribution >= 0.6 is 0 Å². The highest BCUT2D eigenvalue weighted by molar-refractivity contribution is 5.96. The third kappa shape index (κ3) is 4.24. The van der Waals surface area contributed by atoms with E-state index in [0.29, 0.717) is 23.7 Å². The van der Waals surface area contributed by atoms with Crippen molar-refractivity contribution in [3.63, 3.8) is 0 Å². The molecule has 1 unspecified atom stereocenters. The molecule has 4 heteroatoms. The molecule has 1 atom stereocenters. The molecule has 1 aromatic carbocycles. The van der Waals surface area contributed by atoms with Crippen molar-refractivity contribution in [3.8, 4) is 0 Å². The van der Waals surface area contributed by atoms with Crippen molar-refractivity contribution in [3.05, 3.63) is 29.3 Å². The highest BCUT2D eigenvalue weighted by Gasteiger charge is 2.16. The minimum Gasteiger partial charge on any atom is -0.399 e. The predicted molar refractivity (Wildman–Crippen MR) is 80.0 cm³/mol. The molecule has 106 valence electrons. The summed E-state index contributed by atoms with van der Waals surface area (Å²) in [5.41, 5.74) is 14.0. The molecule has 0 bridgehead atoms. The summed E-state index contributed by atoms with van der Waals surface area (Å²) in [6, 6.07) is 5.53. The van der Waals surface area contributed by atoms with E-state index >= 15 is 0 Å². The summed E-state index contributed by atoms with van der Waals surface area (Å²) in [6.45, 7) is 6.76. The van der Waals surface area contributed by atoms with Gasteiger partial charge in [-0.25, -0.2) is 0 Å². The van der Waals surface area contributed by atoms with E-state index in [0.717, 1.165) is 12.0 Å². The molecule has 4 N–H and O–H groups in total. The van der Waals surface area contributed by atoms with Crippen molar-refractivity contribution in [2.45, 2.75) is 33.2 Å². The van der Waals surface area contributed by atoms with Crippen molar-refractivity contribution < 1.29 is 4.79 Å². The van der Waals surface area contributed by atoms with Gasteiger partial charge >= 0.3 is 0 Å². The fourth-order valence-corrected chi connectivity index (χ4v) is 1.85. The lowest BCUT2D eigenvalue weighted by atomic mass is 10.0. The van der Waals surface area contributed by atoms with Gasteiger partial charge < -0.3 is 16.4 Å². The molecule has 0 aromatic heterocycles. The van der Waals surface area contributed by atoms with E-state index in [1.807, 2.05) is 13.0 Å². The second-order valence-electron chi connectivity index (χ2n) is 5.50. The summed E-state index contributed by atoms with van der Waals surface area (Å²) in [4.78, 5) is 14.0. The number of amides is 1. The summed E-state index contributed by atoms with van der Waals surface area (Å²) < 4.78 is 0. The molecule has 0 fully saturated rings. The monoisotopic (exact) mass is 263 g/mol. The molecule has 19 heavy (non-hydrogen) atoms. The van der Waals surface area contributed by atoms with E-state index in [1.165, 1.54) is 0 Å². The minimum atomic E-state index is 0.000700. The highest BCUT2D eigenvalue weighted by Crippen LogP contribution is 2.15. The number of benzene rings is 1. The maximum absolute atomic E-state index is 12.3. The van der Waals surface area contributed by atoms with E-state index in [-0.39, 0.29) is 11.9 Å². The van der Waals surface area contributed by atoms with Crippen molar-refractivity contribution in [2.75, 3.05) is 19.3 Å².